The number of phosphoric acid groups is 1. The average Bonchev–Trinajstić information content (AvgIpc) is 3.12. The molecule has 0 bridgehead atoms. The Hall–Kier alpha value is -1.25. The van der Waals surface area contributed by atoms with E-state index in [1.165, 1.54) is 141 Å². The molecular formula is C44H87NO8P+. The van der Waals surface area contributed by atoms with E-state index >= 15 is 0 Å². The van der Waals surface area contributed by atoms with E-state index in [4.69, 9.17) is 18.5 Å². The van der Waals surface area contributed by atoms with Crippen LogP contribution >= 0.6 is 7.82 Å². The monoisotopic (exact) mass is 789 g/mol. The van der Waals surface area contributed by atoms with Crippen LogP contribution in [0, 0.1) is 0 Å². The number of hydrogen-bond acceptors (Lipinski definition) is 7. The number of rotatable bonds is 41. The van der Waals surface area contributed by atoms with Gasteiger partial charge in [0.2, 0.25) is 0 Å². The minimum atomic E-state index is -4.37. The van der Waals surface area contributed by atoms with Gasteiger partial charge in [0.25, 0.3) is 0 Å². The lowest BCUT2D eigenvalue weighted by molar-refractivity contribution is -0.870. The van der Waals surface area contributed by atoms with Crippen molar-refractivity contribution in [2.75, 3.05) is 47.5 Å². The number of hydrogen-bond donors (Lipinski definition) is 1. The molecule has 0 spiro atoms. The largest absolute Gasteiger partial charge is 0.472 e. The zero-order chi connectivity index (χ0) is 40.0. The summed E-state index contributed by atoms with van der Waals surface area (Å²) in [5, 5.41) is 0. The van der Waals surface area contributed by atoms with Crippen molar-refractivity contribution in [3.05, 3.63) is 12.2 Å². The highest BCUT2D eigenvalue weighted by Gasteiger charge is 2.27. The minimum absolute atomic E-state index is 0.0342. The summed E-state index contributed by atoms with van der Waals surface area (Å²) in [4.78, 5) is 35.3. The first-order valence-electron chi connectivity index (χ1n) is 22.4. The highest BCUT2D eigenvalue weighted by atomic mass is 31.2. The van der Waals surface area contributed by atoms with Crippen LogP contribution in [-0.4, -0.2) is 74.9 Å². The summed E-state index contributed by atoms with van der Waals surface area (Å²) in [6.07, 6.45) is 38.2. The van der Waals surface area contributed by atoms with Crippen LogP contribution in [0.5, 0.6) is 0 Å². The molecule has 0 heterocycles. The molecule has 0 aliphatic heterocycles. The number of quaternary nitrogens is 1. The Morgan fingerprint density at radius 2 is 0.944 bits per heavy atom. The molecule has 0 aromatic carbocycles. The van der Waals surface area contributed by atoms with E-state index in [2.05, 4.69) is 26.0 Å². The standard InChI is InChI=1S/C44H86NO8P/c1-6-8-10-12-14-16-18-20-21-22-23-25-26-28-30-32-34-36-43(46)50-40-42(41-52-54(48,49)51-39-38-45(3,4)5)53-44(47)37-35-33-31-29-27-24-19-17-15-13-11-9-7-2/h20-21,42H,6-19,22-41H2,1-5H3/p+1/b21-20+/t42-/m1/s1. The van der Waals surface area contributed by atoms with Crippen molar-refractivity contribution >= 4 is 19.8 Å². The Kier molecular flexibility index (Phi) is 36.5. The van der Waals surface area contributed by atoms with Crippen LogP contribution in [0.2, 0.25) is 0 Å². The van der Waals surface area contributed by atoms with Crippen molar-refractivity contribution in [1.82, 2.24) is 0 Å². The Morgan fingerprint density at radius 1 is 0.556 bits per heavy atom. The maximum absolute atomic E-state index is 12.7. The van der Waals surface area contributed by atoms with Crippen molar-refractivity contribution < 1.29 is 42.1 Å². The second kappa shape index (κ2) is 37.3. The summed E-state index contributed by atoms with van der Waals surface area (Å²) in [6.45, 7) is 4.43. The number of esters is 2. The Morgan fingerprint density at radius 3 is 1.37 bits per heavy atom. The highest BCUT2D eigenvalue weighted by molar-refractivity contribution is 7.47. The maximum atomic E-state index is 12.7. The molecule has 0 fully saturated rings. The summed E-state index contributed by atoms with van der Waals surface area (Å²) in [7, 11) is 1.48. The molecule has 0 aromatic rings. The molecule has 1 unspecified atom stereocenters. The molecule has 0 aliphatic rings. The summed E-state index contributed by atoms with van der Waals surface area (Å²) < 4.78 is 34.3. The number of carbonyl (C=O) groups excluding carboxylic acids is 2. The third-order valence-corrected chi connectivity index (χ3v) is 10.8. The summed E-state index contributed by atoms with van der Waals surface area (Å²) in [5.41, 5.74) is 0. The van der Waals surface area contributed by atoms with Crippen molar-refractivity contribution in [2.24, 2.45) is 0 Å². The van der Waals surface area contributed by atoms with E-state index in [0.29, 0.717) is 17.4 Å². The predicted octanol–water partition coefficient (Wildman–Crippen LogP) is 12.6. The van der Waals surface area contributed by atoms with Gasteiger partial charge >= 0.3 is 19.8 Å². The third-order valence-electron chi connectivity index (χ3n) is 9.80. The van der Waals surface area contributed by atoms with E-state index in [9.17, 15) is 19.0 Å². The molecule has 2 atom stereocenters. The lowest BCUT2D eigenvalue weighted by atomic mass is 10.0. The van der Waals surface area contributed by atoms with Gasteiger partial charge in [-0.3, -0.25) is 18.6 Å². The molecule has 54 heavy (non-hydrogen) atoms. The first-order valence-corrected chi connectivity index (χ1v) is 23.9. The van der Waals surface area contributed by atoms with E-state index in [1.54, 1.807) is 0 Å². The molecule has 1 N–H and O–H groups in total. The van der Waals surface area contributed by atoms with E-state index in [-0.39, 0.29) is 32.0 Å². The molecule has 0 saturated heterocycles. The maximum Gasteiger partial charge on any atom is 0.472 e. The van der Waals surface area contributed by atoms with Crippen molar-refractivity contribution in [2.45, 2.75) is 213 Å². The number of phosphoric ester groups is 1. The summed E-state index contributed by atoms with van der Waals surface area (Å²) >= 11 is 0. The van der Waals surface area contributed by atoms with Crippen LogP contribution in [0.3, 0.4) is 0 Å². The van der Waals surface area contributed by atoms with Crippen LogP contribution in [0.1, 0.15) is 206 Å². The van der Waals surface area contributed by atoms with Crippen molar-refractivity contribution in [3.8, 4) is 0 Å². The van der Waals surface area contributed by atoms with Gasteiger partial charge in [0.05, 0.1) is 27.7 Å². The molecule has 0 rings (SSSR count). The molecule has 9 nitrogen and oxygen atoms in total. The van der Waals surface area contributed by atoms with Gasteiger partial charge in [-0.2, -0.15) is 0 Å². The topological polar surface area (TPSA) is 108 Å². The molecule has 0 aliphatic carbocycles. The van der Waals surface area contributed by atoms with Gasteiger partial charge in [-0.15, -0.1) is 0 Å². The number of ether oxygens (including phenoxy) is 2. The van der Waals surface area contributed by atoms with Crippen LogP contribution in [0.4, 0.5) is 0 Å². The Labute approximate surface area is 333 Å². The summed E-state index contributed by atoms with van der Waals surface area (Å²) in [5.74, 6) is -0.794. The number of allylic oxidation sites excluding steroid dienone is 2. The smallest absolute Gasteiger partial charge is 0.462 e. The molecule has 320 valence electrons. The molecule has 0 radical (unpaired) electrons. The second-order valence-electron chi connectivity index (χ2n) is 16.4. The number of unbranched alkanes of at least 4 members (excludes halogenated alkanes) is 25. The first-order chi connectivity index (χ1) is 26.0. The molecule has 0 saturated carbocycles. The third kappa shape index (κ3) is 40.4. The lowest BCUT2D eigenvalue weighted by Gasteiger charge is -2.24. The minimum Gasteiger partial charge on any atom is -0.462 e. The zero-order valence-electron chi connectivity index (χ0n) is 36.0. The first kappa shape index (κ1) is 52.8. The van der Waals surface area contributed by atoms with Crippen LogP contribution < -0.4 is 0 Å². The summed E-state index contributed by atoms with van der Waals surface area (Å²) in [6, 6.07) is 0. The molecule has 0 aromatic heterocycles. The van der Waals surface area contributed by atoms with Gasteiger partial charge in [0.1, 0.15) is 19.8 Å². The normalized spacial score (nSPS) is 13.7. The number of likely N-dealkylation sites (N-methyl/N-ethyl adjacent to an activating group) is 1. The lowest BCUT2D eigenvalue weighted by Crippen LogP contribution is -2.37. The fraction of sp³-hybridized carbons (Fsp3) is 0.909. The Bertz CT molecular complexity index is 938. The molecule has 10 heteroatoms. The van der Waals surface area contributed by atoms with Gasteiger partial charge in [0.15, 0.2) is 6.10 Å². The van der Waals surface area contributed by atoms with Gasteiger partial charge in [-0.25, -0.2) is 4.57 Å². The Balaban J connectivity index is 4.31. The van der Waals surface area contributed by atoms with Gasteiger partial charge < -0.3 is 18.9 Å². The van der Waals surface area contributed by atoms with Crippen molar-refractivity contribution in [3.63, 3.8) is 0 Å². The fourth-order valence-electron chi connectivity index (χ4n) is 6.24. The quantitative estimate of drug-likeness (QED) is 0.0214. The van der Waals surface area contributed by atoms with E-state index < -0.39 is 26.5 Å². The number of carbonyl (C=O) groups is 2. The van der Waals surface area contributed by atoms with E-state index in [1.807, 2.05) is 21.1 Å². The van der Waals surface area contributed by atoms with E-state index in [0.717, 1.165) is 32.1 Å². The van der Waals surface area contributed by atoms with Crippen LogP contribution in [0.15, 0.2) is 12.2 Å². The fourth-order valence-corrected chi connectivity index (χ4v) is 6.99. The van der Waals surface area contributed by atoms with Gasteiger partial charge in [0, 0.05) is 12.8 Å². The van der Waals surface area contributed by atoms with Crippen LogP contribution in [-0.2, 0) is 32.7 Å². The zero-order valence-corrected chi connectivity index (χ0v) is 36.9. The van der Waals surface area contributed by atoms with Crippen molar-refractivity contribution in [1.29, 1.82) is 0 Å². The average molecular weight is 789 g/mol. The highest BCUT2D eigenvalue weighted by Crippen LogP contribution is 2.43. The molecule has 0 amide bonds. The van der Waals surface area contributed by atoms with Gasteiger partial charge in [-0.05, 0) is 38.5 Å². The van der Waals surface area contributed by atoms with Gasteiger partial charge in [-0.1, -0.05) is 167 Å². The number of nitrogens with zero attached hydrogens (tertiary/aromatic N) is 1. The second-order valence-corrected chi connectivity index (χ2v) is 17.9. The molecular weight excluding hydrogens is 701 g/mol. The SMILES string of the molecule is CCCCCCCC/C=C/CCCCCCCCCC(=O)OC[C@H](COP(=O)(O)OCC[N+](C)(C)C)OC(=O)CCCCCCCCCCCCCCC. The van der Waals surface area contributed by atoms with Crippen LogP contribution in [0.25, 0.3) is 0 Å². The predicted molar refractivity (Wildman–Crippen MR) is 224 cm³/mol.